The van der Waals surface area contributed by atoms with Crippen LogP contribution in [0.25, 0.3) is 0 Å². The molecule has 0 spiro atoms. The largest absolute Gasteiger partial charge is 0.330 e. The number of thiophene rings is 1. The Kier molecular flexibility index (Phi) is 4.77. The average Bonchev–Trinajstić information content (AvgIpc) is 2.83. The third-order valence-electron chi connectivity index (χ3n) is 2.97. The zero-order chi connectivity index (χ0) is 12.1. The number of halogens is 1. The van der Waals surface area contributed by atoms with E-state index in [1.54, 1.807) is 11.3 Å². The molecule has 17 heavy (non-hydrogen) atoms. The number of benzene rings is 1. The molecule has 0 amide bonds. The maximum atomic E-state index is 5.88. The van der Waals surface area contributed by atoms with Crippen LogP contribution in [0.1, 0.15) is 23.5 Å². The van der Waals surface area contributed by atoms with Gasteiger partial charge in [-0.3, -0.25) is 0 Å². The van der Waals surface area contributed by atoms with Crippen molar-refractivity contribution >= 4 is 27.3 Å². The van der Waals surface area contributed by atoms with Gasteiger partial charge in [0.2, 0.25) is 0 Å². The standard InChI is InChI=1S/C14H16BrNS/c15-14-3-1-2-12(8-14)13(9-16)5-4-11-6-7-17-10-11/h1-3,6-8,10,13H,4-5,9,16H2. The second-order valence-electron chi connectivity index (χ2n) is 4.16. The van der Waals surface area contributed by atoms with E-state index in [1.807, 2.05) is 0 Å². The summed E-state index contributed by atoms with van der Waals surface area (Å²) in [6.07, 6.45) is 2.22. The third kappa shape index (κ3) is 3.66. The van der Waals surface area contributed by atoms with Crippen molar-refractivity contribution in [3.05, 3.63) is 56.7 Å². The number of rotatable bonds is 5. The Morgan fingerprint density at radius 3 is 2.82 bits per heavy atom. The van der Waals surface area contributed by atoms with E-state index in [2.05, 4.69) is 57.0 Å². The number of hydrogen-bond donors (Lipinski definition) is 1. The van der Waals surface area contributed by atoms with Gasteiger partial charge < -0.3 is 5.73 Å². The minimum Gasteiger partial charge on any atom is -0.330 e. The molecule has 1 aromatic heterocycles. The van der Waals surface area contributed by atoms with Crippen LogP contribution >= 0.6 is 27.3 Å². The molecule has 0 saturated carbocycles. The molecule has 1 nitrogen and oxygen atoms in total. The second kappa shape index (κ2) is 6.34. The van der Waals surface area contributed by atoms with Gasteiger partial charge in [-0.15, -0.1) is 0 Å². The fraction of sp³-hybridized carbons (Fsp3) is 0.286. The normalized spacial score (nSPS) is 12.6. The molecule has 0 aliphatic heterocycles. The minimum absolute atomic E-state index is 0.451. The molecule has 0 aliphatic carbocycles. The molecule has 90 valence electrons. The van der Waals surface area contributed by atoms with Crippen molar-refractivity contribution < 1.29 is 0 Å². The van der Waals surface area contributed by atoms with E-state index in [1.165, 1.54) is 11.1 Å². The van der Waals surface area contributed by atoms with Crippen LogP contribution in [0.2, 0.25) is 0 Å². The fourth-order valence-corrected chi connectivity index (χ4v) is 3.08. The first-order valence-electron chi connectivity index (χ1n) is 5.76. The molecule has 1 aromatic carbocycles. The molecule has 0 fully saturated rings. The smallest absolute Gasteiger partial charge is 0.0178 e. The Hall–Kier alpha value is -0.640. The summed E-state index contributed by atoms with van der Waals surface area (Å²) in [5.41, 5.74) is 8.63. The lowest BCUT2D eigenvalue weighted by atomic mass is 9.93. The van der Waals surface area contributed by atoms with Gasteiger partial charge in [-0.25, -0.2) is 0 Å². The lowest BCUT2D eigenvalue weighted by Crippen LogP contribution is -2.13. The van der Waals surface area contributed by atoms with Gasteiger partial charge in [0.25, 0.3) is 0 Å². The van der Waals surface area contributed by atoms with E-state index in [9.17, 15) is 0 Å². The van der Waals surface area contributed by atoms with E-state index in [4.69, 9.17) is 5.73 Å². The van der Waals surface area contributed by atoms with Gasteiger partial charge >= 0.3 is 0 Å². The highest BCUT2D eigenvalue weighted by Gasteiger charge is 2.10. The van der Waals surface area contributed by atoms with Crippen LogP contribution in [0.5, 0.6) is 0 Å². The summed E-state index contributed by atoms with van der Waals surface area (Å²) >= 11 is 5.27. The summed E-state index contributed by atoms with van der Waals surface area (Å²) < 4.78 is 1.13. The molecule has 1 heterocycles. The van der Waals surface area contributed by atoms with Gasteiger partial charge in [0.05, 0.1) is 0 Å². The molecule has 0 aliphatic rings. The average molecular weight is 310 g/mol. The third-order valence-corrected chi connectivity index (χ3v) is 4.19. The maximum Gasteiger partial charge on any atom is 0.0178 e. The molecule has 0 bridgehead atoms. The molecule has 0 radical (unpaired) electrons. The fourth-order valence-electron chi connectivity index (χ4n) is 1.96. The number of hydrogen-bond acceptors (Lipinski definition) is 2. The van der Waals surface area contributed by atoms with Crippen molar-refractivity contribution in [1.82, 2.24) is 0 Å². The Bertz CT molecular complexity index is 453. The predicted molar refractivity (Wildman–Crippen MR) is 78.6 cm³/mol. The van der Waals surface area contributed by atoms with Gasteiger partial charge in [0.1, 0.15) is 0 Å². The van der Waals surface area contributed by atoms with E-state index in [-0.39, 0.29) is 0 Å². The Morgan fingerprint density at radius 1 is 1.29 bits per heavy atom. The van der Waals surface area contributed by atoms with Gasteiger partial charge in [-0.2, -0.15) is 11.3 Å². The molecule has 2 aromatic rings. The van der Waals surface area contributed by atoms with Crippen molar-refractivity contribution in [3.8, 4) is 0 Å². The summed E-state index contributed by atoms with van der Waals surface area (Å²) in [6, 6.07) is 10.7. The van der Waals surface area contributed by atoms with E-state index < -0.39 is 0 Å². The van der Waals surface area contributed by atoms with Crippen molar-refractivity contribution in [3.63, 3.8) is 0 Å². The Balaban J connectivity index is 2.01. The van der Waals surface area contributed by atoms with E-state index >= 15 is 0 Å². The predicted octanol–water partition coefficient (Wildman–Crippen LogP) is 4.19. The first kappa shape index (κ1) is 12.8. The van der Waals surface area contributed by atoms with Crippen LogP contribution in [-0.2, 0) is 6.42 Å². The Morgan fingerprint density at radius 2 is 2.18 bits per heavy atom. The molecule has 2 N–H and O–H groups in total. The zero-order valence-corrected chi connectivity index (χ0v) is 12.0. The topological polar surface area (TPSA) is 26.0 Å². The highest BCUT2D eigenvalue weighted by atomic mass is 79.9. The van der Waals surface area contributed by atoms with Crippen molar-refractivity contribution in [1.29, 1.82) is 0 Å². The molecular weight excluding hydrogens is 294 g/mol. The number of aryl methyl sites for hydroxylation is 1. The van der Waals surface area contributed by atoms with E-state index in [0.29, 0.717) is 12.5 Å². The Labute approximate surface area is 115 Å². The molecule has 3 heteroatoms. The molecule has 1 atom stereocenters. The zero-order valence-electron chi connectivity index (χ0n) is 9.60. The molecule has 2 rings (SSSR count). The lowest BCUT2D eigenvalue weighted by molar-refractivity contribution is 0.634. The van der Waals surface area contributed by atoms with Crippen LogP contribution in [-0.4, -0.2) is 6.54 Å². The van der Waals surface area contributed by atoms with Crippen LogP contribution in [0, 0.1) is 0 Å². The second-order valence-corrected chi connectivity index (χ2v) is 5.85. The maximum absolute atomic E-state index is 5.88. The summed E-state index contributed by atoms with van der Waals surface area (Å²) in [5, 5.41) is 4.35. The van der Waals surface area contributed by atoms with Crippen molar-refractivity contribution in [2.24, 2.45) is 5.73 Å². The van der Waals surface area contributed by atoms with Crippen LogP contribution in [0.15, 0.2) is 45.6 Å². The van der Waals surface area contributed by atoms with Gasteiger partial charge in [-0.05, 0) is 65.4 Å². The van der Waals surface area contributed by atoms with Gasteiger partial charge in [-0.1, -0.05) is 28.1 Å². The summed E-state index contributed by atoms with van der Waals surface area (Å²) in [5.74, 6) is 0.451. The summed E-state index contributed by atoms with van der Waals surface area (Å²) in [4.78, 5) is 0. The summed E-state index contributed by atoms with van der Waals surface area (Å²) in [7, 11) is 0. The van der Waals surface area contributed by atoms with Crippen LogP contribution in [0.3, 0.4) is 0 Å². The van der Waals surface area contributed by atoms with Crippen molar-refractivity contribution in [2.45, 2.75) is 18.8 Å². The quantitative estimate of drug-likeness (QED) is 0.880. The minimum atomic E-state index is 0.451. The highest BCUT2D eigenvalue weighted by molar-refractivity contribution is 9.10. The monoisotopic (exact) mass is 309 g/mol. The summed E-state index contributed by atoms with van der Waals surface area (Å²) in [6.45, 7) is 0.709. The molecule has 1 unspecified atom stereocenters. The van der Waals surface area contributed by atoms with Crippen LogP contribution < -0.4 is 5.73 Å². The van der Waals surface area contributed by atoms with E-state index in [0.717, 1.165) is 17.3 Å². The molecular formula is C14H16BrNS. The first-order valence-corrected chi connectivity index (χ1v) is 7.50. The lowest BCUT2D eigenvalue weighted by Gasteiger charge is -2.15. The highest BCUT2D eigenvalue weighted by Crippen LogP contribution is 2.24. The van der Waals surface area contributed by atoms with Crippen LogP contribution in [0.4, 0.5) is 0 Å². The SMILES string of the molecule is NCC(CCc1ccsc1)c1cccc(Br)c1. The number of nitrogens with two attached hydrogens (primary N) is 1. The van der Waals surface area contributed by atoms with Crippen molar-refractivity contribution in [2.75, 3.05) is 6.54 Å². The van der Waals surface area contributed by atoms with Gasteiger partial charge in [0.15, 0.2) is 0 Å². The molecule has 0 saturated heterocycles. The van der Waals surface area contributed by atoms with Gasteiger partial charge in [0, 0.05) is 4.47 Å². The first-order chi connectivity index (χ1) is 8.29.